The fraction of sp³-hybridized carbons (Fsp3) is 0.625. The lowest BCUT2D eigenvalue weighted by atomic mass is 9.77. The maximum atomic E-state index is 6.45. The van der Waals surface area contributed by atoms with Gasteiger partial charge in [-0.05, 0) is 37.0 Å². The lowest BCUT2D eigenvalue weighted by molar-refractivity contribution is -0.0582. The predicted octanol–water partition coefficient (Wildman–Crippen LogP) is 2.91. The van der Waals surface area contributed by atoms with Gasteiger partial charge in [-0.25, -0.2) is 0 Å². The molecule has 0 amide bonds. The fourth-order valence-corrected chi connectivity index (χ4v) is 3.12. The molecular formula is C16H25NO2. The zero-order valence-corrected chi connectivity index (χ0v) is 12.0. The van der Waals surface area contributed by atoms with E-state index in [0.717, 1.165) is 25.0 Å². The Balaban J connectivity index is 2.07. The number of hydrogen-bond donors (Lipinski definition) is 1. The summed E-state index contributed by atoms with van der Waals surface area (Å²) in [6, 6.07) is 8.19. The van der Waals surface area contributed by atoms with Crippen LogP contribution in [0.25, 0.3) is 0 Å². The second-order valence-corrected chi connectivity index (χ2v) is 5.49. The molecule has 0 aliphatic heterocycles. The molecule has 1 saturated carbocycles. The summed E-state index contributed by atoms with van der Waals surface area (Å²) in [7, 11) is 3.49. The smallest absolute Gasteiger partial charge is 0.119 e. The lowest BCUT2D eigenvalue weighted by Gasteiger charge is -2.41. The van der Waals surface area contributed by atoms with Crippen LogP contribution in [0.3, 0.4) is 0 Å². The van der Waals surface area contributed by atoms with Crippen molar-refractivity contribution >= 4 is 0 Å². The number of nitrogens with two attached hydrogens (primary N) is 1. The lowest BCUT2D eigenvalue weighted by Crippen LogP contribution is -2.51. The number of methoxy groups -OCH3 is 2. The quantitative estimate of drug-likeness (QED) is 0.888. The Morgan fingerprint density at radius 1 is 1.21 bits per heavy atom. The topological polar surface area (TPSA) is 44.5 Å². The Bertz CT molecular complexity index is 399. The highest BCUT2D eigenvalue weighted by atomic mass is 16.5. The van der Waals surface area contributed by atoms with Crippen LogP contribution >= 0.6 is 0 Å². The monoisotopic (exact) mass is 263 g/mol. The third-order valence-electron chi connectivity index (χ3n) is 4.37. The molecule has 1 aromatic rings. The van der Waals surface area contributed by atoms with Crippen molar-refractivity contribution in [2.75, 3.05) is 14.2 Å². The van der Waals surface area contributed by atoms with Crippen molar-refractivity contribution in [2.45, 2.75) is 50.2 Å². The third-order valence-corrected chi connectivity index (χ3v) is 4.37. The summed E-state index contributed by atoms with van der Waals surface area (Å²) in [4.78, 5) is 0. The van der Waals surface area contributed by atoms with Crippen LogP contribution in [0.4, 0.5) is 0 Å². The predicted molar refractivity (Wildman–Crippen MR) is 77.5 cm³/mol. The van der Waals surface area contributed by atoms with E-state index in [1.165, 1.54) is 24.8 Å². The number of ether oxygens (including phenoxy) is 2. The first-order chi connectivity index (χ1) is 9.20. The van der Waals surface area contributed by atoms with Gasteiger partial charge in [0.1, 0.15) is 5.75 Å². The Morgan fingerprint density at radius 2 is 1.95 bits per heavy atom. The summed E-state index contributed by atoms with van der Waals surface area (Å²) in [6.07, 6.45) is 6.74. The molecule has 1 unspecified atom stereocenters. The zero-order chi connectivity index (χ0) is 13.7. The second kappa shape index (κ2) is 6.40. The van der Waals surface area contributed by atoms with E-state index in [4.69, 9.17) is 15.2 Å². The Morgan fingerprint density at radius 3 is 2.58 bits per heavy atom. The van der Waals surface area contributed by atoms with E-state index in [1.54, 1.807) is 14.2 Å². The summed E-state index contributed by atoms with van der Waals surface area (Å²) >= 11 is 0. The average Bonchev–Trinajstić information content (AvgIpc) is 2.48. The maximum Gasteiger partial charge on any atom is 0.119 e. The van der Waals surface area contributed by atoms with Crippen LogP contribution in [0.1, 0.15) is 37.7 Å². The van der Waals surface area contributed by atoms with E-state index >= 15 is 0 Å². The van der Waals surface area contributed by atoms with Gasteiger partial charge in [-0.3, -0.25) is 0 Å². The summed E-state index contributed by atoms with van der Waals surface area (Å²) in [5, 5.41) is 0. The average molecular weight is 263 g/mol. The molecule has 0 aromatic heterocycles. The molecule has 2 rings (SSSR count). The molecule has 0 heterocycles. The summed E-state index contributed by atoms with van der Waals surface area (Å²) in [5.74, 6) is 0.889. The SMILES string of the molecule is COc1cccc(CC(N)C2(OC)CCCCC2)c1. The molecule has 3 heteroatoms. The molecule has 3 nitrogen and oxygen atoms in total. The molecule has 19 heavy (non-hydrogen) atoms. The molecule has 1 atom stereocenters. The Labute approximate surface area is 116 Å². The van der Waals surface area contributed by atoms with Gasteiger partial charge in [-0.15, -0.1) is 0 Å². The summed E-state index contributed by atoms with van der Waals surface area (Å²) in [6.45, 7) is 0. The minimum absolute atomic E-state index is 0.0462. The van der Waals surface area contributed by atoms with Gasteiger partial charge in [-0.1, -0.05) is 31.4 Å². The Kier molecular flexibility index (Phi) is 4.83. The molecule has 1 aliphatic carbocycles. The van der Waals surface area contributed by atoms with E-state index in [0.29, 0.717) is 0 Å². The molecule has 1 aromatic carbocycles. The molecule has 2 N–H and O–H groups in total. The van der Waals surface area contributed by atoms with Crippen LogP contribution in [0.2, 0.25) is 0 Å². The van der Waals surface area contributed by atoms with Crippen LogP contribution in [-0.4, -0.2) is 25.9 Å². The van der Waals surface area contributed by atoms with Crippen molar-refractivity contribution in [3.63, 3.8) is 0 Å². The van der Waals surface area contributed by atoms with Crippen LogP contribution in [0.15, 0.2) is 24.3 Å². The second-order valence-electron chi connectivity index (χ2n) is 5.49. The van der Waals surface area contributed by atoms with Crippen molar-refractivity contribution in [1.82, 2.24) is 0 Å². The van der Waals surface area contributed by atoms with E-state index in [2.05, 4.69) is 12.1 Å². The largest absolute Gasteiger partial charge is 0.497 e. The van der Waals surface area contributed by atoms with Crippen molar-refractivity contribution in [2.24, 2.45) is 5.73 Å². The van der Waals surface area contributed by atoms with Crippen molar-refractivity contribution < 1.29 is 9.47 Å². The standard InChI is InChI=1S/C16H25NO2/c1-18-14-8-6-7-13(11-14)12-15(17)16(19-2)9-4-3-5-10-16/h6-8,11,15H,3-5,9-10,12,17H2,1-2H3. The van der Waals surface area contributed by atoms with Crippen LogP contribution in [-0.2, 0) is 11.2 Å². The fourth-order valence-electron chi connectivity index (χ4n) is 3.12. The number of hydrogen-bond acceptors (Lipinski definition) is 3. The van der Waals surface area contributed by atoms with Crippen molar-refractivity contribution in [3.05, 3.63) is 29.8 Å². The minimum atomic E-state index is -0.138. The normalized spacial score (nSPS) is 19.9. The van der Waals surface area contributed by atoms with Gasteiger partial charge in [0.2, 0.25) is 0 Å². The molecular weight excluding hydrogens is 238 g/mol. The molecule has 1 fully saturated rings. The van der Waals surface area contributed by atoms with E-state index in [1.807, 2.05) is 12.1 Å². The zero-order valence-electron chi connectivity index (χ0n) is 12.0. The molecule has 106 valence electrons. The van der Waals surface area contributed by atoms with Crippen molar-refractivity contribution in [3.8, 4) is 5.75 Å². The van der Waals surface area contributed by atoms with E-state index in [-0.39, 0.29) is 11.6 Å². The van der Waals surface area contributed by atoms with Crippen molar-refractivity contribution in [1.29, 1.82) is 0 Å². The number of rotatable bonds is 5. The highest BCUT2D eigenvalue weighted by molar-refractivity contribution is 5.29. The van der Waals surface area contributed by atoms with Gasteiger partial charge in [0.25, 0.3) is 0 Å². The van der Waals surface area contributed by atoms with Gasteiger partial charge in [-0.2, -0.15) is 0 Å². The maximum absolute atomic E-state index is 6.45. The third kappa shape index (κ3) is 3.28. The molecule has 0 radical (unpaired) electrons. The van der Waals surface area contributed by atoms with Crippen LogP contribution < -0.4 is 10.5 Å². The Hall–Kier alpha value is -1.06. The first kappa shape index (κ1) is 14.4. The highest BCUT2D eigenvalue weighted by Gasteiger charge is 2.37. The highest BCUT2D eigenvalue weighted by Crippen LogP contribution is 2.34. The van der Waals surface area contributed by atoms with E-state index in [9.17, 15) is 0 Å². The summed E-state index contributed by atoms with van der Waals surface area (Å²) in [5.41, 5.74) is 7.53. The number of benzene rings is 1. The van der Waals surface area contributed by atoms with Gasteiger partial charge in [0.15, 0.2) is 0 Å². The van der Waals surface area contributed by atoms with Gasteiger partial charge in [0.05, 0.1) is 12.7 Å². The van der Waals surface area contributed by atoms with Crippen LogP contribution in [0, 0.1) is 0 Å². The minimum Gasteiger partial charge on any atom is -0.497 e. The first-order valence-corrected chi connectivity index (χ1v) is 7.14. The van der Waals surface area contributed by atoms with Gasteiger partial charge < -0.3 is 15.2 Å². The summed E-state index contributed by atoms with van der Waals surface area (Å²) < 4.78 is 11.1. The molecule has 0 spiro atoms. The van der Waals surface area contributed by atoms with Crippen LogP contribution in [0.5, 0.6) is 5.75 Å². The first-order valence-electron chi connectivity index (χ1n) is 7.14. The molecule has 0 bridgehead atoms. The van der Waals surface area contributed by atoms with Gasteiger partial charge >= 0.3 is 0 Å². The van der Waals surface area contributed by atoms with E-state index < -0.39 is 0 Å². The van der Waals surface area contributed by atoms with Gasteiger partial charge in [0, 0.05) is 13.2 Å². The molecule has 1 aliphatic rings. The molecule has 0 saturated heterocycles.